The number of nitrogens with one attached hydrogen (secondary N) is 1. The summed E-state index contributed by atoms with van der Waals surface area (Å²) in [5.41, 5.74) is -0.371. The smallest absolute Gasteiger partial charge is 0.271 e. The van der Waals surface area contributed by atoms with Crippen LogP contribution in [0.2, 0.25) is 0 Å². The van der Waals surface area contributed by atoms with Gasteiger partial charge in [-0.2, -0.15) is 0 Å². The molecule has 37 heavy (non-hydrogen) atoms. The number of nitrogens with zero attached hydrogens (tertiary/aromatic N) is 3. The van der Waals surface area contributed by atoms with Crippen LogP contribution in [0.25, 0.3) is 0 Å². The van der Waals surface area contributed by atoms with Gasteiger partial charge in [-0.05, 0) is 31.2 Å². The number of anilines is 1. The molecule has 0 saturated carbocycles. The number of likely N-dealkylation sites (N-methyl/N-ethyl adjacent to an activating group) is 1. The van der Waals surface area contributed by atoms with Gasteiger partial charge in [0.2, 0.25) is 11.8 Å². The first-order valence-corrected chi connectivity index (χ1v) is 12.6. The molecule has 1 atom stereocenters. The second-order valence-corrected chi connectivity index (χ2v) is 9.87. The lowest BCUT2D eigenvalue weighted by atomic mass is 10.1. The molecular formula is C25H25FN4O6S. The maximum atomic E-state index is 14.4. The predicted octanol–water partition coefficient (Wildman–Crippen LogP) is 3.09. The van der Waals surface area contributed by atoms with Gasteiger partial charge in [0.05, 0.1) is 15.5 Å². The zero-order valence-electron chi connectivity index (χ0n) is 20.1. The Kier molecular flexibility index (Phi) is 8.56. The van der Waals surface area contributed by atoms with Crippen molar-refractivity contribution in [2.45, 2.75) is 24.4 Å². The Bertz CT molecular complexity index is 1400. The van der Waals surface area contributed by atoms with E-state index in [1.807, 2.05) is 0 Å². The fourth-order valence-corrected chi connectivity index (χ4v) is 5.04. The molecule has 0 fully saturated rings. The van der Waals surface area contributed by atoms with Gasteiger partial charge in [0.15, 0.2) is 0 Å². The predicted molar refractivity (Wildman–Crippen MR) is 135 cm³/mol. The summed E-state index contributed by atoms with van der Waals surface area (Å²) >= 11 is 0. The van der Waals surface area contributed by atoms with Gasteiger partial charge in [-0.3, -0.25) is 24.0 Å². The number of halogens is 1. The largest absolute Gasteiger partial charge is 0.357 e. The average Bonchev–Trinajstić information content (AvgIpc) is 2.90. The molecular weight excluding hydrogens is 503 g/mol. The minimum Gasteiger partial charge on any atom is -0.357 e. The lowest BCUT2D eigenvalue weighted by molar-refractivity contribution is -0.384. The monoisotopic (exact) mass is 528 g/mol. The molecule has 2 amide bonds. The van der Waals surface area contributed by atoms with Gasteiger partial charge in [-0.1, -0.05) is 42.5 Å². The highest BCUT2D eigenvalue weighted by Gasteiger charge is 2.33. The van der Waals surface area contributed by atoms with E-state index in [1.54, 1.807) is 12.1 Å². The lowest BCUT2D eigenvalue weighted by Gasteiger charge is -2.31. The molecule has 194 valence electrons. The summed E-state index contributed by atoms with van der Waals surface area (Å²) in [4.78, 5) is 37.6. The normalized spacial score (nSPS) is 11.9. The van der Waals surface area contributed by atoms with E-state index in [1.165, 1.54) is 74.6 Å². The second-order valence-electron chi connectivity index (χ2n) is 8.00. The van der Waals surface area contributed by atoms with E-state index < -0.39 is 45.2 Å². The molecule has 0 unspecified atom stereocenters. The number of rotatable bonds is 10. The number of sulfonamides is 1. The number of amides is 2. The molecule has 0 aromatic heterocycles. The number of nitro benzene ring substituents is 1. The summed E-state index contributed by atoms with van der Waals surface area (Å²) < 4.78 is 42.3. The first-order chi connectivity index (χ1) is 17.6. The molecule has 3 aromatic rings. The third-order valence-electron chi connectivity index (χ3n) is 5.65. The van der Waals surface area contributed by atoms with Crippen LogP contribution in [0.3, 0.4) is 0 Å². The SMILES string of the molecule is CNC(=O)[C@@H](C)N(Cc1ccccc1F)C(=O)CN(c1cccc([N+](=O)[O-])c1)S(=O)(=O)c1ccccc1. The van der Waals surface area contributed by atoms with Gasteiger partial charge in [0.1, 0.15) is 18.4 Å². The van der Waals surface area contributed by atoms with Crippen LogP contribution in [0.4, 0.5) is 15.8 Å². The first kappa shape index (κ1) is 27.3. The molecule has 3 aromatic carbocycles. The number of carbonyl (C=O) groups is 2. The number of carbonyl (C=O) groups excluding carboxylic acids is 2. The van der Waals surface area contributed by atoms with Crippen molar-refractivity contribution in [1.29, 1.82) is 0 Å². The number of hydrogen-bond acceptors (Lipinski definition) is 6. The Labute approximate surface area is 213 Å². The van der Waals surface area contributed by atoms with Crippen LogP contribution in [0.15, 0.2) is 83.8 Å². The quantitative estimate of drug-likeness (QED) is 0.318. The van der Waals surface area contributed by atoms with E-state index in [-0.39, 0.29) is 28.4 Å². The standard InChI is InChI=1S/C25H25FN4O6S/c1-18(25(32)27-2)28(16-19-9-6-7-14-23(19)26)24(31)17-29(20-10-8-11-21(15-20)30(33)34)37(35,36)22-12-4-3-5-13-22/h3-15,18H,16-17H2,1-2H3,(H,27,32)/t18-/m1/s1. The van der Waals surface area contributed by atoms with Crippen LogP contribution >= 0.6 is 0 Å². The van der Waals surface area contributed by atoms with E-state index in [2.05, 4.69) is 5.32 Å². The van der Waals surface area contributed by atoms with Crippen LogP contribution in [0, 0.1) is 15.9 Å². The topological polar surface area (TPSA) is 130 Å². The van der Waals surface area contributed by atoms with E-state index in [0.717, 1.165) is 15.3 Å². The molecule has 10 nitrogen and oxygen atoms in total. The van der Waals surface area contributed by atoms with Crippen molar-refractivity contribution in [3.8, 4) is 0 Å². The molecule has 0 spiro atoms. The molecule has 3 rings (SSSR count). The van der Waals surface area contributed by atoms with Crippen molar-refractivity contribution >= 4 is 33.2 Å². The maximum absolute atomic E-state index is 14.4. The molecule has 1 N–H and O–H groups in total. The van der Waals surface area contributed by atoms with Gasteiger partial charge in [0, 0.05) is 31.3 Å². The highest BCUT2D eigenvalue weighted by Crippen LogP contribution is 2.27. The Balaban J connectivity index is 2.08. The summed E-state index contributed by atoms with van der Waals surface area (Å²) in [7, 11) is -2.99. The molecule has 0 aliphatic carbocycles. The van der Waals surface area contributed by atoms with E-state index in [9.17, 15) is 32.5 Å². The average molecular weight is 529 g/mol. The van der Waals surface area contributed by atoms with Crippen molar-refractivity contribution in [2.24, 2.45) is 0 Å². The van der Waals surface area contributed by atoms with Crippen LogP contribution in [-0.2, 0) is 26.2 Å². The summed E-state index contributed by atoms with van der Waals surface area (Å²) in [6.07, 6.45) is 0. The van der Waals surface area contributed by atoms with Gasteiger partial charge in [0.25, 0.3) is 15.7 Å². The molecule has 0 bridgehead atoms. The number of nitro groups is 1. The number of benzene rings is 3. The molecule has 0 aliphatic rings. The number of hydrogen-bond donors (Lipinski definition) is 1. The molecule has 0 saturated heterocycles. The van der Waals surface area contributed by atoms with Crippen LogP contribution in [0.5, 0.6) is 0 Å². The van der Waals surface area contributed by atoms with E-state index >= 15 is 0 Å². The first-order valence-electron chi connectivity index (χ1n) is 11.1. The minimum atomic E-state index is -4.37. The van der Waals surface area contributed by atoms with Crippen molar-refractivity contribution in [1.82, 2.24) is 10.2 Å². The van der Waals surface area contributed by atoms with E-state index in [4.69, 9.17) is 0 Å². The van der Waals surface area contributed by atoms with Crippen LogP contribution in [0.1, 0.15) is 12.5 Å². The maximum Gasteiger partial charge on any atom is 0.271 e. The fraction of sp³-hybridized carbons (Fsp3) is 0.200. The molecule has 12 heteroatoms. The summed E-state index contributed by atoms with van der Waals surface area (Å²) in [5.74, 6) is -1.96. The van der Waals surface area contributed by atoms with Gasteiger partial charge >= 0.3 is 0 Å². The van der Waals surface area contributed by atoms with Gasteiger partial charge in [-0.25, -0.2) is 12.8 Å². The summed E-state index contributed by atoms with van der Waals surface area (Å²) in [6, 6.07) is 16.7. The highest BCUT2D eigenvalue weighted by molar-refractivity contribution is 7.92. The van der Waals surface area contributed by atoms with Crippen LogP contribution < -0.4 is 9.62 Å². The van der Waals surface area contributed by atoms with Gasteiger partial charge in [-0.15, -0.1) is 0 Å². The summed E-state index contributed by atoms with van der Waals surface area (Å²) in [5, 5.41) is 13.8. The van der Waals surface area contributed by atoms with Crippen molar-refractivity contribution in [3.63, 3.8) is 0 Å². The van der Waals surface area contributed by atoms with Crippen molar-refractivity contribution in [3.05, 3.63) is 100 Å². The number of non-ortho nitro benzene ring substituents is 1. The third-order valence-corrected chi connectivity index (χ3v) is 7.44. The zero-order chi connectivity index (χ0) is 27.2. The Hall–Kier alpha value is -4.32. The molecule has 0 radical (unpaired) electrons. The Morgan fingerprint density at radius 1 is 1.03 bits per heavy atom. The van der Waals surface area contributed by atoms with Gasteiger partial charge < -0.3 is 10.2 Å². The molecule has 0 heterocycles. The second kappa shape index (κ2) is 11.6. The van der Waals surface area contributed by atoms with Crippen LogP contribution in [-0.4, -0.2) is 49.7 Å². The highest BCUT2D eigenvalue weighted by atomic mass is 32.2. The third kappa shape index (κ3) is 6.28. The van der Waals surface area contributed by atoms with Crippen molar-refractivity contribution < 1.29 is 27.3 Å². The Morgan fingerprint density at radius 3 is 2.30 bits per heavy atom. The Morgan fingerprint density at radius 2 is 1.68 bits per heavy atom. The van der Waals surface area contributed by atoms with E-state index in [0.29, 0.717) is 0 Å². The minimum absolute atomic E-state index is 0.121. The lowest BCUT2D eigenvalue weighted by Crippen LogP contribution is -2.50. The fourth-order valence-electron chi connectivity index (χ4n) is 3.61. The van der Waals surface area contributed by atoms with Crippen molar-refractivity contribution in [2.75, 3.05) is 17.9 Å². The zero-order valence-corrected chi connectivity index (χ0v) is 20.9. The summed E-state index contributed by atoms with van der Waals surface area (Å²) in [6.45, 7) is 0.323. The molecule has 0 aliphatic heterocycles.